The van der Waals surface area contributed by atoms with Crippen LogP contribution < -0.4 is 5.14 Å². The van der Waals surface area contributed by atoms with E-state index in [0.29, 0.717) is 0 Å². The second-order valence-corrected chi connectivity index (χ2v) is 5.25. The van der Waals surface area contributed by atoms with E-state index in [4.69, 9.17) is 10.2 Å². The molecule has 7 heteroatoms. The number of rotatable bonds is 5. The Bertz CT molecular complexity index is 515. The first-order chi connectivity index (χ1) is 7.79. The number of aromatic carboxylic acids is 1. The molecule has 0 heterocycles. The summed E-state index contributed by atoms with van der Waals surface area (Å²) >= 11 is 0. The van der Waals surface area contributed by atoms with Crippen molar-refractivity contribution in [3.05, 3.63) is 35.4 Å². The number of carboxylic acids is 1. The predicted octanol–water partition coefficient (Wildman–Crippen LogP) is 0.554. The molecule has 0 radical (unpaired) electrons. The summed E-state index contributed by atoms with van der Waals surface area (Å²) < 4.78 is 34.7. The minimum Gasteiger partial charge on any atom is -0.478 e. The van der Waals surface area contributed by atoms with Gasteiger partial charge in [0.25, 0.3) is 0 Å². The van der Waals surface area contributed by atoms with Gasteiger partial charge in [0.1, 0.15) is 6.17 Å². The number of sulfonamides is 1. The van der Waals surface area contributed by atoms with E-state index in [-0.39, 0.29) is 17.5 Å². The molecule has 1 aromatic carbocycles. The lowest BCUT2D eigenvalue weighted by molar-refractivity contribution is 0.0695. The zero-order chi connectivity index (χ0) is 13.1. The molecule has 0 fully saturated rings. The molecule has 94 valence electrons. The van der Waals surface area contributed by atoms with E-state index in [1.54, 1.807) is 6.07 Å². The first-order valence-corrected chi connectivity index (χ1v) is 6.47. The first-order valence-electron chi connectivity index (χ1n) is 4.75. The molecule has 1 atom stereocenters. The van der Waals surface area contributed by atoms with Crippen molar-refractivity contribution in [1.82, 2.24) is 0 Å². The smallest absolute Gasteiger partial charge is 0.335 e. The number of primary sulfonamides is 1. The maximum Gasteiger partial charge on any atom is 0.335 e. The molecular weight excluding hydrogens is 249 g/mol. The molecule has 1 rings (SSSR count). The highest BCUT2D eigenvalue weighted by molar-refractivity contribution is 7.89. The van der Waals surface area contributed by atoms with Crippen LogP contribution in [0, 0.1) is 0 Å². The SMILES string of the molecule is NS(=O)(=O)CC(F)Cc1ccccc1C(=O)O. The lowest BCUT2D eigenvalue weighted by Crippen LogP contribution is -2.25. The van der Waals surface area contributed by atoms with Crippen LogP contribution in [0.25, 0.3) is 0 Å². The number of hydrogen-bond acceptors (Lipinski definition) is 3. The molecule has 17 heavy (non-hydrogen) atoms. The Morgan fingerprint density at radius 2 is 2.00 bits per heavy atom. The highest BCUT2D eigenvalue weighted by atomic mass is 32.2. The Kier molecular flexibility index (Phi) is 4.19. The number of carboxylic acid groups (broad SMARTS) is 1. The van der Waals surface area contributed by atoms with E-state index in [1.165, 1.54) is 18.2 Å². The molecule has 0 aliphatic heterocycles. The molecule has 1 aromatic rings. The maximum absolute atomic E-state index is 13.4. The largest absolute Gasteiger partial charge is 0.478 e. The van der Waals surface area contributed by atoms with Gasteiger partial charge in [-0.15, -0.1) is 0 Å². The van der Waals surface area contributed by atoms with Crippen molar-refractivity contribution in [2.24, 2.45) is 5.14 Å². The zero-order valence-electron chi connectivity index (χ0n) is 8.84. The van der Waals surface area contributed by atoms with E-state index in [0.717, 1.165) is 0 Å². The molecule has 0 aliphatic rings. The lowest BCUT2D eigenvalue weighted by atomic mass is 10.0. The van der Waals surface area contributed by atoms with Gasteiger partial charge in [-0.2, -0.15) is 0 Å². The maximum atomic E-state index is 13.4. The molecule has 0 aromatic heterocycles. The summed E-state index contributed by atoms with van der Waals surface area (Å²) in [6.07, 6.45) is -2.01. The van der Waals surface area contributed by atoms with Gasteiger partial charge in [-0.3, -0.25) is 0 Å². The minimum atomic E-state index is -3.90. The summed E-state index contributed by atoms with van der Waals surface area (Å²) in [4.78, 5) is 10.8. The Balaban J connectivity index is 2.85. The summed E-state index contributed by atoms with van der Waals surface area (Å²) in [5.74, 6) is -2.00. The van der Waals surface area contributed by atoms with Crippen LogP contribution in [0.5, 0.6) is 0 Å². The quantitative estimate of drug-likeness (QED) is 0.808. The topological polar surface area (TPSA) is 97.5 Å². The van der Waals surface area contributed by atoms with Crippen LogP contribution in [0.3, 0.4) is 0 Å². The highest BCUT2D eigenvalue weighted by Gasteiger charge is 2.18. The van der Waals surface area contributed by atoms with Crippen molar-refractivity contribution in [2.45, 2.75) is 12.6 Å². The summed E-state index contributed by atoms with van der Waals surface area (Å²) in [7, 11) is -3.90. The fourth-order valence-corrected chi connectivity index (χ4v) is 2.08. The van der Waals surface area contributed by atoms with Gasteiger partial charge in [-0.1, -0.05) is 18.2 Å². The predicted molar refractivity (Wildman–Crippen MR) is 60.0 cm³/mol. The summed E-state index contributed by atoms with van der Waals surface area (Å²) in [5.41, 5.74) is 0.209. The van der Waals surface area contributed by atoms with E-state index >= 15 is 0 Å². The van der Waals surface area contributed by atoms with E-state index in [1.807, 2.05) is 0 Å². The second kappa shape index (κ2) is 5.24. The Morgan fingerprint density at radius 1 is 1.41 bits per heavy atom. The molecule has 0 spiro atoms. The molecule has 0 bridgehead atoms. The third kappa shape index (κ3) is 4.49. The van der Waals surface area contributed by atoms with Crippen LogP contribution in [-0.2, 0) is 16.4 Å². The van der Waals surface area contributed by atoms with Crippen LogP contribution in [0.15, 0.2) is 24.3 Å². The van der Waals surface area contributed by atoms with Crippen LogP contribution >= 0.6 is 0 Å². The van der Waals surface area contributed by atoms with Crippen LogP contribution in [0.4, 0.5) is 4.39 Å². The average molecular weight is 261 g/mol. The summed E-state index contributed by atoms with van der Waals surface area (Å²) in [6, 6.07) is 5.85. The number of alkyl halides is 1. The highest BCUT2D eigenvalue weighted by Crippen LogP contribution is 2.13. The van der Waals surface area contributed by atoms with Crippen molar-refractivity contribution in [2.75, 3.05) is 5.75 Å². The number of benzene rings is 1. The fraction of sp³-hybridized carbons (Fsp3) is 0.300. The van der Waals surface area contributed by atoms with Crippen molar-refractivity contribution in [1.29, 1.82) is 0 Å². The van der Waals surface area contributed by atoms with Crippen molar-refractivity contribution < 1.29 is 22.7 Å². The van der Waals surface area contributed by atoms with Crippen molar-refractivity contribution in [3.63, 3.8) is 0 Å². The average Bonchev–Trinajstić information content (AvgIpc) is 2.14. The molecular formula is C10H12FNO4S. The number of halogens is 1. The first kappa shape index (κ1) is 13.6. The third-order valence-electron chi connectivity index (χ3n) is 2.10. The molecule has 3 N–H and O–H groups in total. The lowest BCUT2D eigenvalue weighted by Gasteiger charge is -2.09. The summed E-state index contributed by atoms with van der Waals surface area (Å²) in [6.45, 7) is 0. The minimum absolute atomic E-state index is 0.0374. The van der Waals surface area contributed by atoms with E-state index < -0.39 is 27.9 Å². The molecule has 0 saturated heterocycles. The van der Waals surface area contributed by atoms with Gasteiger partial charge in [-0.05, 0) is 11.6 Å². The fourth-order valence-electron chi connectivity index (χ4n) is 1.46. The second-order valence-electron chi connectivity index (χ2n) is 3.59. The number of nitrogens with two attached hydrogens (primary N) is 1. The van der Waals surface area contributed by atoms with Crippen LogP contribution in [-0.4, -0.2) is 31.4 Å². The van der Waals surface area contributed by atoms with Gasteiger partial charge in [0, 0.05) is 6.42 Å². The van der Waals surface area contributed by atoms with Gasteiger partial charge >= 0.3 is 5.97 Å². The molecule has 1 unspecified atom stereocenters. The standard InChI is InChI=1S/C10H12FNO4S/c11-8(6-17(12,15)16)5-7-3-1-2-4-9(7)10(13)14/h1-4,8H,5-6H2,(H,13,14)(H2,12,15,16). The monoisotopic (exact) mass is 261 g/mol. The zero-order valence-corrected chi connectivity index (χ0v) is 9.65. The summed E-state index contributed by atoms with van der Waals surface area (Å²) in [5, 5.41) is 13.5. The Hall–Kier alpha value is -1.47. The number of carbonyl (C=O) groups is 1. The third-order valence-corrected chi connectivity index (χ3v) is 2.93. The molecule has 0 aliphatic carbocycles. The Labute approximate surface area is 98.1 Å². The van der Waals surface area contributed by atoms with Crippen molar-refractivity contribution in [3.8, 4) is 0 Å². The van der Waals surface area contributed by atoms with Gasteiger partial charge in [0.2, 0.25) is 10.0 Å². The van der Waals surface area contributed by atoms with Gasteiger partial charge in [-0.25, -0.2) is 22.7 Å². The Morgan fingerprint density at radius 3 is 2.53 bits per heavy atom. The van der Waals surface area contributed by atoms with E-state index in [2.05, 4.69) is 0 Å². The molecule has 0 amide bonds. The molecule has 0 saturated carbocycles. The number of hydrogen-bond donors (Lipinski definition) is 2. The van der Waals surface area contributed by atoms with Gasteiger partial charge in [0.05, 0.1) is 11.3 Å². The van der Waals surface area contributed by atoms with E-state index in [9.17, 15) is 17.6 Å². The van der Waals surface area contributed by atoms with Crippen LogP contribution in [0.1, 0.15) is 15.9 Å². The van der Waals surface area contributed by atoms with Gasteiger partial charge < -0.3 is 5.11 Å². The van der Waals surface area contributed by atoms with Crippen LogP contribution in [0.2, 0.25) is 0 Å². The van der Waals surface area contributed by atoms with Crippen molar-refractivity contribution >= 4 is 16.0 Å². The normalized spacial score (nSPS) is 13.3. The van der Waals surface area contributed by atoms with Gasteiger partial charge in [0.15, 0.2) is 0 Å². The molecule has 5 nitrogen and oxygen atoms in total.